The highest BCUT2D eigenvalue weighted by molar-refractivity contribution is 7.90. The van der Waals surface area contributed by atoms with E-state index < -0.39 is 6.36 Å². The zero-order valence-electron chi connectivity index (χ0n) is 7.01. The predicted molar refractivity (Wildman–Crippen MR) is 51.1 cm³/mol. The average molecular weight is 220 g/mol. The van der Waals surface area contributed by atoms with Gasteiger partial charge in [-0.25, -0.2) is 0 Å². The van der Waals surface area contributed by atoms with Gasteiger partial charge in [0.15, 0.2) is 0 Å². The van der Waals surface area contributed by atoms with Gasteiger partial charge in [0, 0.05) is 4.91 Å². The molecule has 14 heavy (non-hydrogen) atoms. The maximum Gasteiger partial charge on any atom is 0.573 e. The molecule has 0 N–H and O–H groups in total. The van der Waals surface area contributed by atoms with Crippen LogP contribution in [0.5, 0.6) is 5.75 Å². The lowest BCUT2D eigenvalue weighted by Gasteiger charge is -2.09. The van der Waals surface area contributed by atoms with E-state index in [1.54, 1.807) is 6.07 Å². The first-order valence-corrected chi connectivity index (χ1v) is 4.07. The van der Waals surface area contributed by atoms with Crippen molar-refractivity contribution in [1.82, 2.24) is 0 Å². The van der Waals surface area contributed by atoms with Crippen LogP contribution < -0.4 is 4.74 Å². The Balaban J connectivity index is 2.89. The molecule has 0 saturated carbocycles. The summed E-state index contributed by atoms with van der Waals surface area (Å²) < 4.78 is 39.1. The van der Waals surface area contributed by atoms with Crippen molar-refractivity contribution < 1.29 is 17.9 Å². The van der Waals surface area contributed by atoms with Crippen molar-refractivity contribution >= 4 is 17.5 Å². The lowest BCUT2D eigenvalue weighted by Crippen LogP contribution is -2.17. The molecule has 0 heterocycles. The molecular weight excluding hydrogens is 213 g/mol. The molecule has 76 valence electrons. The van der Waals surface area contributed by atoms with E-state index in [4.69, 9.17) is 0 Å². The minimum Gasteiger partial charge on any atom is -0.406 e. The van der Waals surface area contributed by atoms with Crippen molar-refractivity contribution in [3.05, 3.63) is 36.4 Å². The van der Waals surface area contributed by atoms with E-state index in [0.717, 1.165) is 0 Å². The van der Waals surface area contributed by atoms with Crippen LogP contribution in [0, 0.1) is 0 Å². The predicted octanol–water partition coefficient (Wildman–Crippen LogP) is 3.49. The van der Waals surface area contributed by atoms with Gasteiger partial charge in [-0.2, -0.15) is 0 Å². The molecule has 1 rings (SSSR count). The Morgan fingerprint density at radius 3 is 2.50 bits per heavy atom. The van der Waals surface area contributed by atoms with Crippen molar-refractivity contribution in [2.24, 2.45) is 0 Å². The second-order valence-corrected chi connectivity index (χ2v) is 3.06. The molecule has 0 radical (unpaired) electrons. The fraction of sp³-hybridized carbons (Fsp3) is 0.111. The summed E-state index contributed by atoms with van der Waals surface area (Å²) in [4.78, 5) is 0.387. The van der Waals surface area contributed by atoms with Gasteiger partial charge in [0.25, 0.3) is 0 Å². The van der Waals surface area contributed by atoms with Crippen LogP contribution in [0.4, 0.5) is 13.2 Å². The summed E-state index contributed by atoms with van der Waals surface area (Å²) in [5.41, 5.74) is 0.495. The quantitative estimate of drug-likeness (QED) is 0.750. The number of halogens is 3. The van der Waals surface area contributed by atoms with E-state index in [9.17, 15) is 13.2 Å². The Bertz CT molecular complexity index is 346. The highest BCUT2D eigenvalue weighted by Gasteiger charge is 2.31. The summed E-state index contributed by atoms with van der Waals surface area (Å²) in [5.74, 6) is -0.273. The molecule has 0 aliphatic carbocycles. The van der Waals surface area contributed by atoms with Crippen molar-refractivity contribution in [2.75, 3.05) is 0 Å². The molecule has 0 unspecified atom stereocenters. The molecule has 0 atom stereocenters. The summed E-state index contributed by atoms with van der Waals surface area (Å²) in [6.45, 7) is 3.49. The summed E-state index contributed by atoms with van der Waals surface area (Å²) in [6.07, 6.45) is -4.67. The summed E-state index contributed by atoms with van der Waals surface area (Å²) in [5, 5.41) is 0. The Morgan fingerprint density at radius 2 is 2.00 bits per heavy atom. The SMILES string of the molecule is C=C(S)c1cccc(OC(F)(F)F)c1. The molecule has 1 nitrogen and oxygen atoms in total. The first kappa shape index (κ1) is 11.0. The maximum absolute atomic E-state index is 11.8. The van der Waals surface area contributed by atoms with E-state index in [1.165, 1.54) is 18.2 Å². The molecule has 5 heteroatoms. The van der Waals surface area contributed by atoms with Crippen molar-refractivity contribution in [3.63, 3.8) is 0 Å². The zero-order valence-corrected chi connectivity index (χ0v) is 7.90. The number of rotatable bonds is 2. The Hall–Kier alpha value is -1.10. The van der Waals surface area contributed by atoms with Crippen LogP contribution in [0.1, 0.15) is 5.56 Å². The number of hydrogen-bond acceptors (Lipinski definition) is 2. The number of alkyl halides is 3. The van der Waals surface area contributed by atoms with E-state index >= 15 is 0 Å². The van der Waals surface area contributed by atoms with Gasteiger partial charge in [0.1, 0.15) is 5.75 Å². The Labute approximate surface area is 84.6 Å². The van der Waals surface area contributed by atoms with Gasteiger partial charge in [0.2, 0.25) is 0 Å². The Kier molecular flexibility index (Phi) is 3.10. The summed E-state index contributed by atoms with van der Waals surface area (Å²) in [7, 11) is 0. The van der Waals surface area contributed by atoms with E-state index in [2.05, 4.69) is 23.9 Å². The van der Waals surface area contributed by atoms with E-state index in [1.807, 2.05) is 0 Å². The van der Waals surface area contributed by atoms with Crippen molar-refractivity contribution in [2.45, 2.75) is 6.36 Å². The molecule has 0 amide bonds. The third-order valence-corrected chi connectivity index (χ3v) is 1.66. The molecule has 0 aliphatic heterocycles. The van der Waals surface area contributed by atoms with Gasteiger partial charge in [-0.05, 0) is 17.7 Å². The van der Waals surface area contributed by atoms with Crippen molar-refractivity contribution in [1.29, 1.82) is 0 Å². The number of ether oxygens (including phenoxy) is 1. The van der Waals surface area contributed by atoms with Gasteiger partial charge >= 0.3 is 6.36 Å². The molecule has 0 spiro atoms. The molecule has 0 fully saturated rings. The summed E-state index contributed by atoms with van der Waals surface area (Å²) >= 11 is 3.92. The lowest BCUT2D eigenvalue weighted by atomic mass is 10.2. The number of thiol groups is 1. The molecule has 1 aromatic carbocycles. The monoisotopic (exact) mass is 220 g/mol. The number of hydrogen-bond donors (Lipinski definition) is 1. The second-order valence-electron chi connectivity index (χ2n) is 2.52. The van der Waals surface area contributed by atoms with Crippen LogP contribution in [0.25, 0.3) is 4.91 Å². The standard InChI is InChI=1S/C9H7F3OS/c1-6(14)7-3-2-4-8(5-7)13-9(10,11)12/h2-5,14H,1H2. The minimum absolute atomic E-state index is 0.273. The summed E-state index contributed by atoms with van der Waals surface area (Å²) in [6, 6.07) is 5.48. The highest BCUT2D eigenvalue weighted by Crippen LogP contribution is 2.26. The molecule has 0 saturated heterocycles. The van der Waals surface area contributed by atoms with Gasteiger partial charge < -0.3 is 4.74 Å². The van der Waals surface area contributed by atoms with Crippen LogP contribution in [0.3, 0.4) is 0 Å². The minimum atomic E-state index is -4.67. The molecule has 1 aromatic rings. The van der Waals surface area contributed by atoms with Gasteiger partial charge in [0.05, 0.1) is 0 Å². The first-order chi connectivity index (χ1) is 6.38. The van der Waals surface area contributed by atoms with Crippen LogP contribution in [-0.4, -0.2) is 6.36 Å². The number of benzene rings is 1. The third-order valence-electron chi connectivity index (χ3n) is 1.40. The van der Waals surface area contributed by atoms with Gasteiger partial charge in [-0.15, -0.1) is 25.8 Å². The highest BCUT2D eigenvalue weighted by atomic mass is 32.1. The van der Waals surface area contributed by atoms with Crippen LogP contribution in [-0.2, 0) is 0 Å². The van der Waals surface area contributed by atoms with E-state index in [0.29, 0.717) is 10.5 Å². The van der Waals surface area contributed by atoms with Crippen LogP contribution >= 0.6 is 12.6 Å². The smallest absolute Gasteiger partial charge is 0.406 e. The van der Waals surface area contributed by atoms with Crippen LogP contribution in [0.15, 0.2) is 30.8 Å². The lowest BCUT2D eigenvalue weighted by molar-refractivity contribution is -0.274. The van der Waals surface area contributed by atoms with Gasteiger partial charge in [-0.1, -0.05) is 18.7 Å². The fourth-order valence-electron chi connectivity index (χ4n) is 0.873. The normalized spacial score (nSPS) is 11.1. The fourth-order valence-corrected chi connectivity index (χ4v) is 1.01. The van der Waals surface area contributed by atoms with E-state index in [-0.39, 0.29) is 5.75 Å². The van der Waals surface area contributed by atoms with Gasteiger partial charge in [-0.3, -0.25) is 0 Å². The van der Waals surface area contributed by atoms with Crippen molar-refractivity contribution in [3.8, 4) is 5.75 Å². The third kappa shape index (κ3) is 3.33. The average Bonchev–Trinajstić information content (AvgIpc) is 2.01. The Morgan fingerprint density at radius 1 is 1.36 bits per heavy atom. The maximum atomic E-state index is 11.8. The first-order valence-electron chi connectivity index (χ1n) is 3.62. The molecule has 0 aromatic heterocycles. The van der Waals surface area contributed by atoms with Crippen LogP contribution in [0.2, 0.25) is 0 Å². The molecular formula is C9H7F3OS. The zero-order chi connectivity index (χ0) is 10.8. The largest absolute Gasteiger partial charge is 0.573 e. The second kappa shape index (κ2) is 3.96. The molecule has 0 bridgehead atoms. The molecule has 0 aliphatic rings. The topological polar surface area (TPSA) is 9.23 Å².